The van der Waals surface area contributed by atoms with Crippen LogP contribution in [0.1, 0.15) is 33.6 Å². The van der Waals surface area contributed by atoms with Crippen molar-refractivity contribution in [2.45, 2.75) is 18.9 Å². The molecule has 27 heavy (non-hydrogen) atoms. The lowest BCUT2D eigenvalue weighted by Gasteiger charge is -2.10. The lowest BCUT2D eigenvalue weighted by atomic mass is 10.2. The molecule has 7 nitrogen and oxygen atoms in total. The second-order valence-electron chi connectivity index (χ2n) is 6.17. The highest BCUT2D eigenvalue weighted by Crippen LogP contribution is 2.24. The molecule has 3 amide bonds. The average molecular weight is 388 g/mol. The van der Waals surface area contributed by atoms with E-state index in [2.05, 4.69) is 10.6 Å². The van der Waals surface area contributed by atoms with Crippen molar-refractivity contribution in [3.05, 3.63) is 58.6 Å². The fraction of sp³-hybridized carbons (Fsp3) is 0.211. The number of halogens is 1. The van der Waals surface area contributed by atoms with Gasteiger partial charge in [-0.1, -0.05) is 11.6 Å². The summed E-state index contributed by atoms with van der Waals surface area (Å²) in [5.41, 5.74) is 6.34. The maximum Gasteiger partial charge on any atom is 0.262 e. The summed E-state index contributed by atoms with van der Waals surface area (Å²) in [7, 11) is 0. The van der Waals surface area contributed by atoms with E-state index in [-0.39, 0.29) is 29.5 Å². The Morgan fingerprint density at radius 3 is 2.41 bits per heavy atom. The number of primary amides is 1. The monoisotopic (exact) mass is 387 g/mol. The summed E-state index contributed by atoms with van der Waals surface area (Å²) >= 11 is 6.14. The minimum atomic E-state index is -0.537. The van der Waals surface area contributed by atoms with Gasteiger partial charge in [0.25, 0.3) is 11.8 Å². The van der Waals surface area contributed by atoms with Crippen LogP contribution in [0.4, 0.5) is 5.69 Å². The third kappa shape index (κ3) is 5.21. The number of anilines is 1. The van der Waals surface area contributed by atoms with Crippen molar-refractivity contribution in [3.63, 3.8) is 0 Å². The van der Waals surface area contributed by atoms with Crippen LogP contribution in [0.5, 0.6) is 5.75 Å². The van der Waals surface area contributed by atoms with Crippen LogP contribution in [0.15, 0.2) is 42.5 Å². The molecular weight excluding hydrogens is 370 g/mol. The van der Waals surface area contributed by atoms with Gasteiger partial charge in [-0.2, -0.15) is 0 Å². The smallest absolute Gasteiger partial charge is 0.262 e. The van der Waals surface area contributed by atoms with Gasteiger partial charge in [-0.3, -0.25) is 14.4 Å². The third-order valence-corrected chi connectivity index (χ3v) is 4.23. The number of hydrogen-bond donors (Lipinski definition) is 3. The average Bonchev–Trinajstić information content (AvgIpc) is 3.44. The number of nitrogens with one attached hydrogen (secondary N) is 2. The Morgan fingerprint density at radius 2 is 1.81 bits per heavy atom. The van der Waals surface area contributed by atoms with Gasteiger partial charge < -0.3 is 21.1 Å². The molecule has 0 bridgehead atoms. The third-order valence-electron chi connectivity index (χ3n) is 3.92. The molecule has 0 aromatic heterocycles. The Hall–Kier alpha value is -3.06. The van der Waals surface area contributed by atoms with Gasteiger partial charge >= 0.3 is 0 Å². The number of carbonyl (C=O) groups excluding carboxylic acids is 3. The van der Waals surface area contributed by atoms with Crippen molar-refractivity contribution in [2.24, 2.45) is 5.73 Å². The molecule has 0 unspecified atom stereocenters. The molecule has 0 heterocycles. The predicted molar refractivity (Wildman–Crippen MR) is 101 cm³/mol. The van der Waals surface area contributed by atoms with Crippen LogP contribution in [0.3, 0.4) is 0 Å². The molecule has 0 aliphatic heterocycles. The zero-order valence-corrected chi connectivity index (χ0v) is 15.1. The first-order valence-electron chi connectivity index (χ1n) is 8.35. The van der Waals surface area contributed by atoms with E-state index >= 15 is 0 Å². The van der Waals surface area contributed by atoms with Gasteiger partial charge in [-0.05, 0) is 55.3 Å². The van der Waals surface area contributed by atoms with E-state index in [4.69, 9.17) is 22.1 Å². The summed E-state index contributed by atoms with van der Waals surface area (Å²) in [6, 6.07) is 11.1. The summed E-state index contributed by atoms with van der Waals surface area (Å²) < 4.78 is 5.36. The van der Waals surface area contributed by atoms with Crippen LogP contribution in [0.2, 0.25) is 5.02 Å². The lowest BCUT2D eigenvalue weighted by Crippen LogP contribution is -2.25. The van der Waals surface area contributed by atoms with E-state index < -0.39 is 5.91 Å². The molecule has 0 saturated heterocycles. The molecule has 140 valence electrons. The second-order valence-corrected chi connectivity index (χ2v) is 6.58. The van der Waals surface area contributed by atoms with Gasteiger partial charge in [0.15, 0.2) is 6.61 Å². The van der Waals surface area contributed by atoms with Crippen molar-refractivity contribution in [3.8, 4) is 5.75 Å². The van der Waals surface area contributed by atoms with Gasteiger partial charge in [0, 0.05) is 17.3 Å². The molecule has 2 aromatic carbocycles. The van der Waals surface area contributed by atoms with E-state index in [1.807, 2.05) is 0 Å². The molecule has 3 rings (SSSR count). The quantitative estimate of drug-likeness (QED) is 0.677. The summed E-state index contributed by atoms with van der Waals surface area (Å²) in [6.07, 6.45) is 1.98. The highest BCUT2D eigenvalue weighted by atomic mass is 35.5. The number of amides is 3. The molecule has 2 aromatic rings. The van der Waals surface area contributed by atoms with E-state index in [0.717, 1.165) is 12.8 Å². The van der Waals surface area contributed by atoms with Crippen molar-refractivity contribution in [1.82, 2.24) is 5.32 Å². The SMILES string of the molecule is NC(=O)c1ccc(OCC(=O)Nc2ccc(C(=O)NC3CC3)c(Cl)c2)cc1. The maximum absolute atomic E-state index is 12.0. The fourth-order valence-electron chi connectivity index (χ4n) is 2.33. The zero-order valence-electron chi connectivity index (χ0n) is 14.3. The Kier molecular flexibility index (Phi) is 5.61. The Morgan fingerprint density at radius 1 is 1.11 bits per heavy atom. The van der Waals surface area contributed by atoms with Crippen LogP contribution in [0.25, 0.3) is 0 Å². The number of hydrogen-bond acceptors (Lipinski definition) is 4. The summed E-state index contributed by atoms with van der Waals surface area (Å²) in [6.45, 7) is -0.225. The van der Waals surface area contributed by atoms with E-state index in [0.29, 0.717) is 22.6 Å². The van der Waals surface area contributed by atoms with Gasteiger partial charge in [0.2, 0.25) is 5.91 Å². The first kappa shape index (κ1) is 18.7. The van der Waals surface area contributed by atoms with Crippen LogP contribution < -0.4 is 21.1 Å². The van der Waals surface area contributed by atoms with Gasteiger partial charge in [0.05, 0.1) is 10.6 Å². The topological polar surface area (TPSA) is 111 Å². The first-order chi connectivity index (χ1) is 12.9. The van der Waals surface area contributed by atoms with Crippen molar-refractivity contribution < 1.29 is 19.1 Å². The number of benzene rings is 2. The Balaban J connectivity index is 1.53. The molecule has 1 aliphatic carbocycles. The minimum Gasteiger partial charge on any atom is -0.484 e. The summed E-state index contributed by atoms with van der Waals surface area (Å²) in [5.74, 6) is -0.714. The Bertz CT molecular complexity index is 879. The largest absolute Gasteiger partial charge is 0.484 e. The van der Waals surface area contributed by atoms with Crippen molar-refractivity contribution in [2.75, 3.05) is 11.9 Å². The molecule has 1 saturated carbocycles. The number of rotatable bonds is 7. The molecular formula is C19H18ClN3O4. The van der Waals surface area contributed by atoms with E-state index in [1.165, 1.54) is 18.2 Å². The minimum absolute atomic E-state index is 0.219. The van der Waals surface area contributed by atoms with E-state index in [1.54, 1.807) is 24.3 Å². The molecule has 0 radical (unpaired) electrons. The molecule has 1 fully saturated rings. The highest BCUT2D eigenvalue weighted by Gasteiger charge is 2.24. The number of ether oxygens (including phenoxy) is 1. The van der Waals surface area contributed by atoms with Gasteiger partial charge in [-0.15, -0.1) is 0 Å². The zero-order chi connectivity index (χ0) is 19.4. The molecule has 8 heteroatoms. The fourth-order valence-corrected chi connectivity index (χ4v) is 2.60. The Labute approximate surface area is 160 Å². The summed E-state index contributed by atoms with van der Waals surface area (Å²) in [4.78, 5) is 35.1. The van der Waals surface area contributed by atoms with Crippen LogP contribution in [0, 0.1) is 0 Å². The van der Waals surface area contributed by atoms with Crippen LogP contribution in [-0.4, -0.2) is 30.4 Å². The summed E-state index contributed by atoms with van der Waals surface area (Å²) in [5, 5.41) is 5.77. The second kappa shape index (κ2) is 8.09. The molecule has 0 atom stereocenters. The highest BCUT2D eigenvalue weighted by molar-refractivity contribution is 6.34. The number of nitrogens with two attached hydrogens (primary N) is 1. The van der Waals surface area contributed by atoms with Gasteiger partial charge in [-0.25, -0.2) is 0 Å². The normalized spacial score (nSPS) is 12.9. The van der Waals surface area contributed by atoms with Crippen LogP contribution >= 0.6 is 11.6 Å². The predicted octanol–water partition coefficient (Wildman–Crippen LogP) is 2.35. The van der Waals surface area contributed by atoms with E-state index in [9.17, 15) is 14.4 Å². The van der Waals surface area contributed by atoms with Crippen LogP contribution in [-0.2, 0) is 4.79 Å². The van der Waals surface area contributed by atoms with Gasteiger partial charge in [0.1, 0.15) is 5.75 Å². The van der Waals surface area contributed by atoms with Crippen molar-refractivity contribution in [1.29, 1.82) is 0 Å². The molecule has 0 spiro atoms. The number of carbonyl (C=O) groups is 3. The first-order valence-corrected chi connectivity index (χ1v) is 8.73. The molecule has 1 aliphatic rings. The van der Waals surface area contributed by atoms with Crippen molar-refractivity contribution >= 4 is 35.0 Å². The maximum atomic E-state index is 12.0. The lowest BCUT2D eigenvalue weighted by molar-refractivity contribution is -0.118. The standard InChI is InChI=1S/C19H18ClN3O4/c20-16-9-13(5-8-15(16)19(26)23-12-3-4-12)22-17(24)10-27-14-6-1-11(2-7-14)18(21)25/h1-2,5-9,12H,3-4,10H2,(H2,21,25)(H,22,24)(H,23,26). The molecule has 4 N–H and O–H groups in total.